The molecule has 5 heteroatoms. The number of rotatable bonds is 3. The smallest absolute Gasteiger partial charge is 0.149 e. The summed E-state index contributed by atoms with van der Waals surface area (Å²) in [6.45, 7) is 2.13. The highest BCUT2D eigenvalue weighted by Crippen LogP contribution is 2.28. The molecule has 2 heterocycles. The van der Waals surface area contributed by atoms with Crippen molar-refractivity contribution in [3.63, 3.8) is 0 Å². The van der Waals surface area contributed by atoms with Gasteiger partial charge >= 0.3 is 0 Å². The van der Waals surface area contributed by atoms with Gasteiger partial charge in [-0.15, -0.1) is 11.3 Å². The Hall–Kier alpha value is -1.36. The van der Waals surface area contributed by atoms with Gasteiger partial charge in [0.25, 0.3) is 0 Å². The molecule has 0 saturated carbocycles. The van der Waals surface area contributed by atoms with E-state index >= 15 is 0 Å². The van der Waals surface area contributed by atoms with Gasteiger partial charge in [0.05, 0.1) is 16.1 Å². The van der Waals surface area contributed by atoms with Crippen LogP contribution in [0.3, 0.4) is 0 Å². The third-order valence-electron chi connectivity index (χ3n) is 2.08. The molecule has 0 radical (unpaired) electrons. The molecule has 0 fully saturated rings. The van der Waals surface area contributed by atoms with Crippen LogP contribution in [0.4, 0.5) is 5.82 Å². The van der Waals surface area contributed by atoms with E-state index < -0.39 is 0 Å². The van der Waals surface area contributed by atoms with Crippen LogP contribution in [0, 0.1) is 0 Å². The number of H-pyrrole nitrogens is 1. The van der Waals surface area contributed by atoms with Gasteiger partial charge in [0.1, 0.15) is 5.82 Å². The lowest BCUT2D eigenvalue weighted by molar-refractivity contribution is 0.927. The Morgan fingerprint density at radius 3 is 3.07 bits per heavy atom. The van der Waals surface area contributed by atoms with E-state index in [0.29, 0.717) is 5.82 Å². The van der Waals surface area contributed by atoms with Crippen molar-refractivity contribution in [1.29, 1.82) is 0 Å². The number of aromatic nitrogens is 3. The molecule has 0 spiro atoms. The molecule has 0 aliphatic heterocycles. The summed E-state index contributed by atoms with van der Waals surface area (Å²) in [5.74, 6) is 0.607. The molecule has 0 unspecified atom stereocenters. The molecule has 2 aromatic rings. The van der Waals surface area contributed by atoms with Crippen LogP contribution in [0.15, 0.2) is 11.7 Å². The highest BCUT2D eigenvalue weighted by molar-refractivity contribution is 7.13. The van der Waals surface area contributed by atoms with Gasteiger partial charge in [0, 0.05) is 11.8 Å². The molecular formula is C9H12N4S. The van der Waals surface area contributed by atoms with Crippen molar-refractivity contribution < 1.29 is 0 Å². The molecule has 2 aromatic heterocycles. The van der Waals surface area contributed by atoms with Gasteiger partial charge < -0.3 is 5.73 Å². The Labute approximate surface area is 86.2 Å². The lowest BCUT2D eigenvalue weighted by Crippen LogP contribution is -1.91. The summed E-state index contributed by atoms with van der Waals surface area (Å²) in [4.78, 5) is 5.13. The maximum atomic E-state index is 5.78. The van der Waals surface area contributed by atoms with Crippen LogP contribution in [-0.4, -0.2) is 15.2 Å². The molecule has 14 heavy (non-hydrogen) atoms. The number of thiazole rings is 1. The number of hydrogen-bond donors (Lipinski definition) is 2. The van der Waals surface area contributed by atoms with E-state index in [0.717, 1.165) is 29.0 Å². The predicted molar refractivity (Wildman–Crippen MR) is 58.1 cm³/mol. The first-order valence-corrected chi connectivity index (χ1v) is 5.42. The van der Waals surface area contributed by atoms with E-state index in [1.807, 2.05) is 11.7 Å². The fraction of sp³-hybridized carbons (Fsp3) is 0.333. The zero-order valence-electron chi connectivity index (χ0n) is 7.95. The van der Waals surface area contributed by atoms with E-state index in [2.05, 4.69) is 22.1 Å². The zero-order valence-corrected chi connectivity index (χ0v) is 8.77. The molecule has 0 atom stereocenters. The summed E-state index contributed by atoms with van der Waals surface area (Å²) in [7, 11) is 0. The average Bonchev–Trinajstić information content (AvgIpc) is 2.77. The van der Waals surface area contributed by atoms with Gasteiger partial charge in [-0.25, -0.2) is 0 Å². The Kier molecular flexibility index (Phi) is 2.49. The second kappa shape index (κ2) is 3.79. The first-order chi connectivity index (χ1) is 6.83. The number of anilines is 1. The van der Waals surface area contributed by atoms with Crippen molar-refractivity contribution >= 4 is 17.2 Å². The number of aromatic amines is 1. The zero-order chi connectivity index (χ0) is 9.97. The third-order valence-corrected chi connectivity index (χ3v) is 2.87. The Balaban J connectivity index is 2.43. The second-order valence-electron chi connectivity index (χ2n) is 3.08. The minimum absolute atomic E-state index is 0.607. The van der Waals surface area contributed by atoms with Gasteiger partial charge in [-0.2, -0.15) is 5.10 Å². The SMILES string of the molecule is CCCc1c(N)n[nH]c1-c1cncs1. The van der Waals surface area contributed by atoms with Crippen LogP contribution in [0.5, 0.6) is 0 Å². The van der Waals surface area contributed by atoms with Gasteiger partial charge in [-0.05, 0) is 6.42 Å². The summed E-state index contributed by atoms with van der Waals surface area (Å²) in [6, 6.07) is 0. The topological polar surface area (TPSA) is 67.6 Å². The van der Waals surface area contributed by atoms with Crippen LogP contribution in [0.2, 0.25) is 0 Å². The predicted octanol–water partition coefficient (Wildman–Crippen LogP) is 2.07. The van der Waals surface area contributed by atoms with Crippen molar-refractivity contribution in [3.05, 3.63) is 17.3 Å². The standard InChI is InChI=1S/C9H12N4S/c1-2-3-6-8(12-13-9(6)10)7-4-11-5-14-7/h4-5H,2-3H2,1H3,(H3,10,12,13). The molecule has 0 aliphatic rings. The molecule has 0 bridgehead atoms. The molecule has 0 saturated heterocycles. The van der Waals surface area contributed by atoms with Crippen molar-refractivity contribution in [2.75, 3.05) is 5.73 Å². The van der Waals surface area contributed by atoms with E-state index in [4.69, 9.17) is 5.73 Å². The van der Waals surface area contributed by atoms with E-state index in [9.17, 15) is 0 Å². The first kappa shape index (κ1) is 9.21. The van der Waals surface area contributed by atoms with Gasteiger partial charge in [0.2, 0.25) is 0 Å². The van der Waals surface area contributed by atoms with E-state index in [1.54, 1.807) is 11.3 Å². The summed E-state index contributed by atoms with van der Waals surface area (Å²) in [5, 5.41) is 6.98. The fourth-order valence-electron chi connectivity index (χ4n) is 1.43. The molecule has 0 amide bonds. The summed E-state index contributed by atoms with van der Waals surface area (Å²) >= 11 is 1.59. The van der Waals surface area contributed by atoms with Crippen LogP contribution >= 0.6 is 11.3 Å². The number of nitrogen functional groups attached to an aromatic ring is 1. The van der Waals surface area contributed by atoms with Crippen LogP contribution in [0.25, 0.3) is 10.6 Å². The molecule has 0 aromatic carbocycles. The minimum Gasteiger partial charge on any atom is -0.382 e. The quantitative estimate of drug-likeness (QED) is 0.811. The highest BCUT2D eigenvalue weighted by atomic mass is 32.1. The normalized spacial score (nSPS) is 10.6. The summed E-state index contributed by atoms with van der Waals surface area (Å²) in [5.41, 5.74) is 9.71. The highest BCUT2D eigenvalue weighted by Gasteiger charge is 2.12. The average molecular weight is 208 g/mol. The number of nitrogens with zero attached hydrogens (tertiary/aromatic N) is 2. The molecule has 2 rings (SSSR count). The summed E-state index contributed by atoms with van der Waals surface area (Å²) < 4.78 is 0. The molecule has 4 nitrogen and oxygen atoms in total. The Bertz CT molecular complexity index is 404. The van der Waals surface area contributed by atoms with Gasteiger partial charge in [-0.3, -0.25) is 10.1 Å². The van der Waals surface area contributed by atoms with Crippen molar-refractivity contribution in [2.24, 2.45) is 0 Å². The maximum absolute atomic E-state index is 5.78. The molecule has 0 aliphatic carbocycles. The minimum atomic E-state index is 0.607. The molecule has 3 N–H and O–H groups in total. The maximum Gasteiger partial charge on any atom is 0.149 e. The van der Waals surface area contributed by atoms with Crippen molar-refractivity contribution in [3.8, 4) is 10.6 Å². The van der Waals surface area contributed by atoms with Gasteiger partial charge in [-0.1, -0.05) is 13.3 Å². The number of hydrogen-bond acceptors (Lipinski definition) is 4. The van der Waals surface area contributed by atoms with Crippen molar-refractivity contribution in [2.45, 2.75) is 19.8 Å². The lowest BCUT2D eigenvalue weighted by atomic mass is 10.1. The largest absolute Gasteiger partial charge is 0.382 e. The monoisotopic (exact) mass is 208 g/mol. The van der Waals surface area contributed by atoms with E-state index in [-0.39, 0.29) is 0 Å². The molecular weight excluding hydrogens is 196 g/mol. The fourth-order valence-corrected chi connectivity index (χ4v) is 2.07. The van der Waals surface area contributed by atoms with Gasteiger partial charge in [0.15, 0.2) is 0 Å². The Morgan fingerprint density at radius 1 is 1.57 bits per heavy atom. The first-order valence-electron chi connectivity index (χ1n) is 4.54. The Morgan fingerprint density at radius 2 is 2.43 bits per heavy atom. The lowest BCUT2D eigenvalue weighted by Gasteiger charge is -1.98. The second-order valence-corrected chi connectivity index (χ2v) is 3.96. The summed E-state index contributed by atoms with van der Waals surface area (Å²) in [6.07, 6.45) is 3.85. The number of nitrogens with two attached hydrogens (primary N) is 1. The van der Waals surface area contributed by atoms with Crippen LogP contribution in [0.1, 0.15) is 18.9 Å². The molecule has 74 valence electrons. The number of nitrogens with one attached hydrogen (secondary N) is 1. The van der Waals surface area contributed by atoms with E-state index in [1.165, 1.54) is 0 Å². The third kappa shape index (κ3) is 1.50. The van der Waals surface area contributed by atoms with Crippen LogP contribution in [-0.2, 0) is 6.42 Å². The van der Waals surface area contributed by atoms with Crippen molar-refractivity contribution in [1.82, 2.24) is 15.2 Å². The van der Waals surface area contributed by atoms with Crippen LogP contribution < -0.4 is 5.73 Å².